The first kappa shape index (κ1) is 15.1. The number of ether oxygens (including phenoxy) is 1. The van der Waals surface area contributed by atoms with E-state index in [0.717, 1.165) is 32.5 Å². The summed E-state index contributed by atoms with van der Waals surface area (Å²) >= 11 is 5.64. The van der Waals surface area contributed by atoms with Crippen LogP contribution in [0.4, 0.5) is 14.9 Å². The van der Waals surface area contributed by atoms with Crippen LogP contribution in [-0.4, -0.2) is 25.8 Å². The predicted molar refractivity (Wildman–Crippen MR) is 76.6 cm³/mol. The van der Waals surface area contributed by atoms with Crippen LogP contribution in [0.2, 0.25) is 5.02 Å². The second kappa shape index (κ2) is 7.45. The van der Waals surface area contributed by atoms with E-state index in [4.69, 9.17) is 16.3 Å². The summed E-state index contributed by atoms with van der Waals surface area (Å²) < 4.78 is 18.9. The van der Waals surface area contributed by atoms with E-state index in [0.29, 0.717) is 12.5 Å². The third kappa shape index (κ3) is 4.35. The van der Waals surface area contributed by atoms with E-state index < -0.39 is 11.8 Å². The lowest BCUT2D eigenvalue weighted by Gasteiger charge is -2.10. The maximum Gasteiger partial charge on any atom is 0.319 e. The Morgan fingerprint density at radius 1 is 1.50 bits per heavy atom. The number of anilines is 1. The van der Waals surface area contributed by atoms with Gasteiger partial charge in [-0.15, -0.1) is 0 Å². The lowest BCUT2D eigenvalue weighted by molar-refractivity contribution is 0.184. The van der Waals surface area contributed by atoms with Crippen molar-refractivity contribution in [2.75, 3.05) is 25.1 Å². The van der Waals surface area contributed by atoms with E-state index in [9.17, 15) is 9.18 Å². The molecule has 1 aromatic carbocycles. The lowest BCUT2D eigenvalue weighted by Crippen LogP contribution is -2.30. The fourth-order valence-corrected chi connectivity index (χ4v) is 2.35. The molecule has 1 saturated heterocycles. The molecule has 2 amide bonds. The predicted octanol–water partition coefficient (Wildman–Crippen LogP) is 3.42. The molecule has 0 aliphatic carbocycles. The number of halogens is 2. The summed E-state index contributed by atoms with van der Waals surface area (Å²) in [4.78, 5) is 11.6. The number of rotatable bonds is 5. The van der Waals surface area contributed by atoms with Crippen molar-refractivity contribution in [3.8, 4) is 0 Å². The Balaban J connectivity index is 1.68. The minimum absolute atomic E-state index is 0.0102. The van der Waals surface area contributed by atoms with Crippen molar-refractivity contribution in [3.05, 3.63) is 29.0 Å². The van der Waals surface area contributed by atoms with Gasteiger partial charge in [0.1, 0.15) is 0 Å². The van der Waals surface area contributed by atoms with Gasteiger partial charge in [0.05, 0.1) is 10.7 Å². The van der Waals surface area contributed by atoms with Gasteiger partial charge in [-0.25, -0.2) is 9.18 Å². The number of hydrogen-bond acceptors (Lipinski definition) is 2. The molecule has 6 heteroatoms. The zero-order valence-electron chi connectivity index (χ0n) is 11.1. The van der Waals surface area contributed by atoms with Crippen LogP contribution in [-0.2, 0) is 4.74 Å². The zero-order valence-corrected chi connectivity index (χ0v) is 11.9. The topological polar surface area (TPSA) is 50.4 Å². The molecule has 1 unspecified atom stereocenters. The third-order valence-electron chi connectivity index (χ3n) is 3.30. The van der Waals surface area contributed by atoms with Gasteiger partial charge in [-0.2, -0.15) is 0 Å². The van der Waals surface area contributed by atoms with Gasteiger partial charge < -0.3 is 15.4 Å². The minimum atomic E-state index is -0.618. The van der Waals surface area contributed by atoms with Crippen molar-refractivity contribution in [2.45, 2.75) is 19.3 Å². The number of carbonyl (C=O) groups is 1. The van der Waals surface area contributed by atoms with E-state index in [2.05, 4.69) is 10.6 Å². The first-order chi connectivity index (χ1) is 9.66. The highest BCUT2D eigenvalue weighted by Crippen LogP contribution is 2.21. The molecule has 1 heterocycles. The van der Waals surface area contributed by atoms with Crippen molar-refractivity contribution in [3.63, 3.8) is 0 Å². The van der Waals surface area contributed by atoms with Crippen molar-refractivity contribution < 1.29 is 13.9 Å². The lowest BCUT2D eigenvalue weighted by atomic mass is 10.0. The van der Waals surface area contributed by atoms with E-state index >= 15 is 0 Å². The molecule has 0 aromatic heterocycles. The quantitative estimate of drug-likeness (QED) is 0.819. The SMILES string of the molecule is O=C(NCCCC1CCOC1)Nc1cccc(Cl)c1F. The summed E-state index contributed by atoms with van der Waals surface area (Å²) in [5.41, 5.74) is 0.0826. The smallest absolute Gasteiger partial charge is 0.319 e. The number of urea groups is 1. The number of amides is 2. The van der Waals surface area contributed by atoms with Gasteiger partial charge in [0.2, 0.25) is 0 Å². The first-order valence-electron chi connectivity index (χ1n) is 6.73. The normalized spacial score (nSPS) is 18.0. The average Bonchev–Trinajstić information content (AvgIpc) is 2.93. The van der Waals surface area contributed by atoms with Crippen molar-refractivity contribution >= 4 is 23.3 Å². The van der Waals surface area contributed by atoms with E-state index in [1.807, 2.05) is 0 Å². The van der Waals surface area contributed by atoms with Crippen LogP contribution >= 0.6 is 11.6 Å². The fraction of sp³-hybridized carbons (Fsp3) is 0.500. The molecule has 20 heavy (non-hydrogen) atoms. The Bertz CT molecular complexity index is 464. The standard InChI is InChI=1S/C14H18ClFN2O2/c15-11-4-1-5-12(13(11)16)18-14(19)17-7-2-3-10-6-8-20-9-10/h1,4-5,10H,2-3,6-9H2,(H2,17,18,19). The molecule has 0 saturated carbocycles. The third-order valence-corrected chi connectivity index (χ3v) is 3.59. The van der Waals surface area contributed by atoms with Gasteiger partial charge in [0.25, 0.3) is 0 Å². The molecular weight excluding hydrogens is 283 g/mol. The summed E-state index contributed by atoms with van der Waals surface area (Å²) in [7, 11) is 0. The molecule has 1 fully saturated rings. The largest absolute Gasteiger partial charge is 0.381 e. The number of carbonyl (C=O) groups excluding carboxylic acids is 1. The first-order valence-corrected chi connectivity index (χ1v) is 7.11. The molecule has 0 radical (unpaired) electrons. The van der Waals surface area contributed by atoms with Crippen LogP contribution in [0, 0.1) is 11.7 Å². The minimum Gasteiger partial charge on any atom is -0.381 e. The Kier molecular flexibility index (Phi) is 5.61. The summed E-state index contributed by atoms with van der Waals surface area (Å²) in [6.45, 7) is 2.22. The molecule has 1 atom stereocenters. The van der Waals surface area contributed by atoms with Crippen LogP contribution in [0.25, 0.3) is 0 Å². The maximum absolute atomic E-state index is 13.6. The zero-order chi connectivity index (χ0) is 14.4. The molecule has 110 valence electrons. The van der Waals surface area contributed by atoms with Gasteiger partial charge >= 0.3 is 6.03 Å². The molecule has 0 spiro atoms. The highest BCUT2D eigenvalue weighted by Gasteiger charge is 2.15. The summed E-state index contributed by atoms with van der Waals surface area (Å²) in [6, 6.07) is 4.07. The molecule has 1 aliphatic heterocycles. The van der Waals surface area contributed by atoms with Gasteiger partial charge in [-0.3, -0.25) is 0 Å². The van der Waals surface area contributed by atoms with Gasteiger partial charge in [-0.05, 0) is 37.3 Å². The highest BCUT2D eigenvalue weighted by atomic mass is 35.5. The Hall–Kier alpha value is -1.33. The van der Waals surface area contributed by atoms with Crippen molar-refractivity contribution in [2.24, 2.45) is 5.92 Å². The van der Waals surface area contributed by atoms with E-state index in [1.165, 1.54) is 12.1 Å². The Morgan fingerprint density at radius 2 is 2.35 bits per heavy atom. The summed E-state index contributed by atoms with van der Waals surface area (Å²) in [6.07, 6.45) is 3.02. The average molecular weight is 301 g/mol. The van der Waals surface area contributed by atoms with Crippen LogP contribution < -0.4 is 10.6 Å². The van der Waals surface area contributed by atoms with Crippen LogP contribution in [0.15, 0.2) is 18.2 Å². The fourth-order valence-electron chi connectivity index (χ4n) is 2.17. The Labute approximate surface area is 122 Å². The number of nitrogens with one attached hydrogen (secondary N) is 2. The van der Waals surface area contributed by atoms with E-state index in [-0.39, 0.29) is 10.7 Å². The summed E-state index contributed by atoms with van der Waals surface area (Å²) in [5, 5.41) is 5.14. The van der Waals surface area contributed by atoms with E-state index in [1.54, 1.807) is 6.07 Å². The Morgan fingerprint density at radius 3 is 3.10 bits per heavy atom. The summed E-state index contributed by atoms with van der Waals surface area (Å²) in [5.74, 6) is -0.0161. The molecule has 4 nitrogen and oxygen atoms in total. The highest BCUT2D eigenvalue weighted by molar-refractivity contribution is 6.31. The molecule has 1 aliphatic rings. The van der Waals surface area contributed by atoms with Crippen LogP contribution in [0.5, 0.6) is 0 Å². The van der Waals surface area contributed by atoms with Crippen molar-refractivity contribution in [1.29, 1.82) is 0 Å². The molecule has 2 N–H and O–H groups in total. The molecule has 0 bridgehead atoms. The molecule has 1 aromatic rings. The van der Waals surface area contributed by atoms with Gasteiger partial charge in [0, 0.05) is 19.8 Å². The second-order valence-corrected chi connectivity index (χ2v) is 5.26. The van der Waals surface area contributed by atoms with Gasteiger partial charge in [-0.1, -0.05) is 17.7 Å². The number of benzene rings is 1. The van der Waals surface area contributed by atoms with Crippen molar-refractivity contribution in [1.82, 2.24) is 5.32 Å². The van der Waals surface area contributed by atoms with Crippen LogP contribution in [0.1, 0.15) is 19.3 Å². The molecular formula is C14H18ClFN2O2. The monoisotopic (exact) mass is 300 g/mol. The maximum atomic E-state index is 13.6. The van der Waals surface area contributed by atoms with Gasteiger partial charge in [0.15, 0.2) is 5.82 Å². The second-order valence-electron chi connectivity index (χ2n) is 4.85. The molecule has 2 rings (SSSR count). The van der Waals surface area contributed by atoms with Crippen LogP contribution in [0.3, 0.4) is 0 Å². The number of hydrogen-bond donors (Lipinski definition) is 2.